The van der Waals surface area contributed by atoms with Gasteiger partial charge in [0.1, 0.15) is 11.6 Å². The first-order valence-electron chi connectivity index (χ1n) is 10.9. The summed E-state index contributed by atoms with van der Waals surface area (Å²) in [4.78, 5) is 10.2. The summed E-state index contributed by atoms with van der Waals surface area (Å²) < 4.78 is 2.28. The molecule has 2 saturated heterocycles. The molecule has 4 rings (SSSR count). The molecule has 0 saturated carbocycles. The number of halogens is 1. The van der Waals surface area contributed by atoms with Gasteiger partial charge in [0, 0.05) is 45.7 Å². The average molecular weight is 501 g/mol. The molecule has 158 valence electrons. The van der Waals surface area contributed by atoms with Crippen LogP contribution in [0, 0.1) is 18.8 Å². The molecule has 1 aromatic rings. The molecule has 7 nitrogen and oxygen atoms in total. The van der Waals surface area contributed by atoms with E-state index < -0.39 is 0 Å². The molecule has 0 radical (unpaired) electrons. The van der Waals surface area contributed by atoms with Gasteiger partial charge in [-0.1, -0.05) is 0 Å². The minimum absolute atomic E-state index is 0. The van der Waals surface area contributed by atoms with E-state index in [1.165, 1.54) is 45.3 Å². The van der Waals surface area contributed by atoms with Crippen LogP contribution in [-0.4, -0.2) is 76.3 Å². The first-order chi connectivity index (χ1) is 13.2. The van der Waals surface area contributed by atoms with Crippen molar-refractivity contribution in [2.24, 2.45) is 16.8 Å². The fourth-order valence-corrected chi connectivity index (χ4v) is 4.82. The molecule has 0 aliphatic carbocycles. The second-order valence-electron chi connectivity index (χ2n) is 8.48. The summed E-state index contributed by atoms with van der Waals surface area (Å²) in [6.07, 6.45) is 6.26. The Morgan fingerprint density at radius 3 is 2.71 bits per heavy atom. The van der Waals surface area contributed by atoms with E-state index >= 15 is 0 Å². The monoisotopic (exact) mass is 501 g/mol. The highest BCUT2D eigenvalue weighted by Gasteiger charge is 2.28. The van der Waals surface area contributed by atoms with Gasteiger partial charge in [-0.05, 0) is 64.5 Å². The number of guanidine groups is 1. The molecule has 0 spiro atoms. The summed E-state index contributed by atoms with van der Waals surface area (Å²) >= 11 is 0. The fraction of sp³-hybridized carbons (Fsp3) is 0.850. The van der Waals surface area contributed by atoms with E-state index in [1.54, 1.807) is 0 Å². The Kier molecular flexibility index (Phi) is 7.96. The molecular formula is C20H36IN7. The van der Waals surface area contributed by atoms with E-state index in [2.05, 4.69) is 43.7 Å². The van der Waals surface area contributed by atoms with E-state index in [4.69, 9.17) is 4.99 Å². The standard InChI is InChI=1S/C20H35N7.HI/c1-3-21-20(26-11-8-18(14-26)13-25-9-4-5-10-25)22-12-17-6-7-19-24-23-16(2)27(19)15-17;/h17-18H,3-15H2,1-2H3,(H,21,22);1H. The van der Waals surface area contributed by atoms with Crippen molar-refractivity contribution < 1.29 is 0 Å². The number of hydrogen-bond acceptors (Lipinski definition) is 4. The smallest absolute Gasteiger partial charge is 0.193 e. The number of hydrogen-bond donors (Lipinski definition) is 1. The second-order valence-corrected chi connectivity index (χ2v) is 8.48. The van der Waals surface area contributed by atoms with Crippen molar-refractivity contribution in [2.75, 3.05) is 45.8 Å². The van der Waals surface area contributed by atoms with Crippen molar-refractivity contribution in [1.82, 2.24) is 29.9 Å². The maximum absolute atomic E-state index is 5.04. The van der Waals surface area contributed by atoms with Crippen LogP contribution in [-0.2, 0) is 13.0 Å². The molecule has 0 bridgehead atoms. The predicted octanol–water partition coefficient (Wildman–Crippen LogP) is 2.15. The normalized spacial score (nSPS) is 25.6. The molecule has 3 aliphatic heterocycles. The molecule has 4 heterocycles. The highest BCUT2D eigenvalue weighted by atomic mass is 127. The van der Waals surface area contributed by atoms with Gasteiger partial charge in [0.25, 0.3) is 0 Å². The molecule has 2 atom stereocenters. The minimum atomic E-state index is 0. The summed E-state index contributed by atoms with van der Waals surface area (Å²) in [5, 5.41) is 12.0. The van der Waals surface area contributed by atoms with Crippen LogP contribution >= 0.6 is 24.0 Å². The first kappa shape index (κ1) is 21.8. The first-order valence-corrected chi connectivity index (χ1v) is 10.9. The number of likely N-dealkylation sites (tertiary alicyclic amines) is 2. The maximum Gasteiger partial charge on any atom is 0.193 e. The summed E-state index contributed by atoms with van der Waals surface area (Å²) in [5.41, 5.74) is 0. The van der Waals surface area contributed by atoms with Crippen LogP contribution < -0.4 is 5.32 Å². The van der Waals surface area contributed by atoms with Crippen molar-refractivity contribution in [2.45, 2.75) is 52.5 Å². The zero-order valence-electron chi connectivity index (χ0n) is 17.4. The Morgan fingerprint density at radius 2 is 1.93 bits per heavy atom. The van der Waals surface area contributed by atoms with Gasteiger partial charge < -0.3 is 19.7 Å². The lowest BCUT2D eigenvalue weighted by Crippen LogP contribution is -2.41. The van der Waals surface area contributed by atoms with E-state index in [0.29, 0.717) is 5.92 Å². The number of nitrogens with zero attached hydrogens (tertiary/aromatic N) is 6. The lowest BCUT2D eigenvalue weighted by atomic mass is 9.99. The average Bonchev–Trinajstić information content (AvgIpc) is 3.42. The van der Waals surface area contributed by atoms with Gasteiger partial charge in [0.15, 0.2) is 5.96 Å². The van der Waals surface area contributed by atoms with Gasteiger partial charge >= 0.3 is 0 Å². The van der Waals surface area contributed by atoms with Crippen molar-refractivity contribution in [1.29, 1.82) is 0 Å². The van der Waals surface area contributed by atoms with E-state index in [-0.39, 0.29) is 24.0 Å². The lowest BCUT2D eigenvalue weighted by molar-refractivity contribution is 0.281. The van der Waals surface area contributed by atoms with Crippen molar-refractivity contribution in [3.8, 4) is 0 Å². The zero-order chi connectivity index (χ0) is 18.6. The van der Waals surface area contributed by atoms with Crippen molar-refractivity contribution >= 4 is 29.9 Å². The van der Waals surface area contributed by atoms with Gasteiger partial charge in [0.2, 0.25) is 0 Å². The van der Waals surface area contributed by atoms with Crippen molar-refractivity contribution in [3.63, 3.8) is 0 Å². The predicted molar refractivity (Wildman–Crippen MR) is 123 cm³/mol. The SMILES string of the molecule is CCNC(=NCC1CCc2nnc(C)n2C1)N1CCC(CN2CCCC2)C1.I. The Hall–Kier alpha value is -0.900. The number of rotatable bonds is 5. The molecule has 2 fully saturated rings. The number of aromatic nitrogens is 3. The molecule has 3 aliphatic rings. The quantitative estimate of drug-likeness (QED) is 0.381. The van der Waals surface area contributed by atoms with Crippen LogP contribution in [0.2, 0.25) is 0 Å². The maximum atomic E-state index is 5.04. The van der Waals surface area contributed by atoms with E-state index in [0.717, 1.165) is 62.7 Å². The largest absolute Gasteiger partial charge is 0.357 e. The van der Waals surface area contributed by atoms with Gasteiger partial charge in [-0.15, -0.1) is 34.2 Å². The summed E-state index contributed by atoms with van der Waals surface area (Å²) in [6, 6.07) is 0. The van der Waals surface area contributed by atoms with Crippen LogP contribution in [0.5, 0.6) is 0 Å². The van der Waals surface area contributed by atoms with E-state index in [9.17, 15) is 0 Å². The summed E-state index contributed by atoms with van der Waals surface area (Å²) in [6.45, 7) is 13.2. The molecule has 8 heteroatoms. The zero-order valence-corrected chi connectivity index (χ0v) is 19.8. The van der Waals surface area contributed by atoms with Gasteiger partial charge in [-0.3, -0.25) is 4.99 Å². The fourth-order valence-electron chi connectivity index (χ4n) is 4.82. The topological polar surface area (TPSA) is 61.6 Å². The molecule has 0 aromatic carbocycles. The third-order valence-corrected chi connectivity index (χ3v) is 6.36. The van der Waals surface area contributed by atoms with Gasteiger partial charge in [-0.2, -0.15) is 0 Å². The number of aliphatic imine (C=N–C) groups is 1. The Bertz CT molecular complexity index is 653. The Labute approximate surface area is 186 Å². The van der Waals surface area contributed by atoms with E-state index in [1.807, 2.05) is 0 Å². The summed E-state index contributed by atoms with van der Waals surface area (Å²) in [5.74, 6) is 4.68. The third kappa shape index (κ3) is 5.17. The minimum Gasteiger partial charge on any atom is -0.357 e. The Balaban J connectivity index is 0.00000225. The second kappa shape index (κ2) is 10.2. The molecule has 28 heavy (non-hydrogen) atoms. The van der Waals surface area contributed by atoms with Gasteiger partial charge in [-0.25, -0.2) is 0 Å². The van der Waals surface area contributed by atoms with Crippen molar-refractivity contribution in [3.05, 3.63) is 11.6 Å². The number of nitrogens with one attached hydrogen (secondary N) is 1. The Morgan fingerprint density at radius 1 is 1.11 bits per heavy atom. The summed E-state index contributed by atoms with van der Waals surface area (Å²) in [7, 11) is 0. The van der Waals surface area contributed by atoms with Crippen LogP contribution in [0.15, 0.2) is 4.99 Å². The molecule has 0 amide bonds. The number of fused-ring (bicyclic) bond motifs is 1. The molecule has 2 unspecified atom stereocenters. The third-order valence-electron chi connectivity index (χ3n) is 6.36. The van der Waals surface area contributed by atoms with Crippen LogP contribution in [0.1, 0.15) is 44.3 Å². The molecule has 1 N–H and O–H groups in total. The molecule has 1 aromatic heterocycles. The lowest BCUT2D eigenvalue weighted by Gasteiger charge is -2.25. The molecular weight excluding hydrogens is 465 g/mol. The van der Waals surface area contributed by atoms with Gasteiger partial charge in [0.05, 0.1) is 0 Å². The highest BCUT2D eigenvalue weighted by molar-refractivity contribution is 14.0. The highest BCUT2D eigenvalue weighted by Crippen LogP contribution is 2.22. The number of aryl methyl sites for hydroxylation is 2. The van der Waals surface area contributed by atoms with Crippen LogP contribution in [0.4, 0.5) is 0 Å². The van der Waals surface area contributed by atoms with Crippen LogP contribution in [0.25, 0.3) is 0 Å². The van der Waals surface area contributed by atoms with Crippen LogP contribution in [0.3, 0.4) is 0 Å².